The van der Waals surface area contributed by atoms with Crippen LogP contribution in [-0.4, -0.2) is 36.7 Å². The first-order valence-electron chi connectivity index (χ1n) is 7.01. The van der Waals surface area contributed by atoms with Crippen molar-refractivity contribution in [3.8, 4) is 0 Å². The molecule has 0 heterocycles. The highest BCUT2D eigenvalue weighted by Crippen LogP contribution is 2.30. The zero-order chi connectivity index (χ0) is 13.4. The van der Waals surface area contributed by atoms with E-state index < -0.39 is 5.54 Å². The number of hydrogen-bond acceptors (Lipinski definition) is 4. The van der Waals surface area contributed by atoms with Gasteiger partial charge in [-0.1, -0.05) is 19.3 Å². The number of esters is 1. The summed E-state index contributed by atoms with van der Waals surface area (Å²) in [4.78, 5) is 11.6. The molecule has 0 radical (unpaired) electrons. The second kappa shape index (κ2) is 8.05. The molecule has 0 saturated heterocycles. The van der Waals surface area contributed by atoms with Crippen molar-refractivity contribution in [2.24, 2.45) is 0 Å². The first kappa shape index (κ1) is 15.8. The Morgan fingerprint density at radius 3 is 2.61 bits per heavy atom. The van der Waals surface area contributed by atoms with E-state index in [4.69, 9.17) is 4.74 Å². The lowest BCUT2D eigenvalue weighted by Crippen LogP contribution is -2.48. The first-order chi connectivity index (χ1) is 8.62. The Hall–Kier alpha value is -0.220. The Labute approximate surface area is 115 Å². The van der Waals surface area contributed by atoms with Gasteiger partial charge in [-0.25, -0.2) is 0 Å². The summed E-state index contributed by atoms with van der Waals surface area (Å²) < 4.78 is 4.84. The van der Waals surface area contributed by atoms with E-state index in [1.165, 1.54) is 45.0 Å². The quantitative estimate of drug-likeness (QED) is 0.545. The minimum absolute atomic E-state index is 0.159. The fourth-order valence-electron chi connectivity index (χ4n) is 2.44. The van der Waals surface area contributed by atoms with E-state index in [1.807, 2.05) is 14.0 Å². The van der Waals surface area contributed by atoms with Gasteiger partial charge in [0.25, 0.3) is 0 Å². The van der Waals surface area contributed by atoms with Crippen LogP contribution in [0.3, 0.4) is 0 Å². The number of unbranched alkanes of at least 4 members (excludes halogenated alkanes) is 1. The Morgan fingerprint density at radius 1 is 1.39 bits per heavy atom. The topological polar surface area (TPSA) is 38.3 Å². The molecule has 4 heteroatoms. The molecular weight excluding hydrogens is 246 g/mol. The van der Waals surface area contributed by atoms with Crippen molar-refractivity contribution < 1.29 is 9.53 Å². The molecule has 0 aromatic heterocycles. The smallest absolute Gasteiger partial charge is 0.325 e. The van der Waals surface area contributed by atoms with Crippen LogP contribution < -0.4 is 5.32 Å². The number of carbonyl (C=O) groups is 1. The summed E-state index contributed by atoms with van der Waals surface area (Å²) in [5.74, 6) is 1.07. The molecule has 1 aliphatic rings. The van der Waals surface area contributed by atoms with E-state index in [9.17, 15) is 4.79 Å². The third kappa shape index (κ3) is 4.81. The van der Waals surface area contributed by atoms with E-state index >= 15 is 0 Å². The Kier molecular flexibility index (Phi) is 7.08. The molecule has 0 bridgehead atoms. The van der Waals surface area contributed by atoms with Crippen LogP contribution in [0.2, 0.25) is 0 Å². The lowest BCUT2D eigenvalue weighted by atomic mass is 9.95. The zero-order valence-electron chi connectivity index (χ0n) is 12.0. The summed E-state index contributed by atoms with van der Waals surface area (Å²) in [7, 11) is 3.28. The monoisotopic (exact) mass is 273 g/mol. The molecule has 0 aliphatic heterocycles. The van der Waals surface area contributed by atoms with Crippen LogP contribution in [0.15, 0.2) is 0 Å². The molecule has 106 valence electrons. The third-order valence-electron chi connectivity index (χ3n) is 3.91. The number of hydrogen-bond donors (Lipinski definition) is 1. The van der Waals surface area contributed by atoms with Crippen molar-refractivity contribution in [1.29, 1.82) is 0 Å². The van der Waals surface area contributed by atoms with Crippen molar-refractivity contribution in [2.75, 3.05) is 19.9 Å². The highest BCUT2D eigenvalue weighted by molar-refractivity contribution is 7.99. The van der Waals surface area contributed by atoms with E-state index in [-0.39, 0.29) is 5.97 Å². The predicted molar refractivity (Wildman–Crippen MR) is 78.0 cm³/mol. The number of methoxy groups -OCH3 is 1. The average Bonchev–Trinajstić information content (AvgIpc) is 2.90. The zero-order valence-corrected chi connectivity index (χ0v) is 12.8. The molecule has 1 atom stereocenters. The second-order valence-corrected chi connectivity index (χ2v) is 6.72. The van der Waals surface area contributed by atoms with Gasteiger partial charge in [0.1, 0.15) is 5.54 Å². The van der Waals surface area contributed by atoms with Gasteiger partial charge >= 0.3 is 5.97 Å². The molecule has 3 nitrogen and oxygen atoms in total. The SMILES string of the molecule is CNC(C)(CCCCSC1CCCC1)C(=O)OC. The summed E-state index contributed by atoms with van der Waals surface area (Å²) in [6.07, 6.45) is 8.75. The molecule has 0 aromatic carbocycles. The molecule has 0 amide bonds. The Balaban J connectivity index is 2.13. The molecule has 0 spiro atoms. The van der Waals surface area contributed by atoms with Crippen LogP contribution in [0.25, 0.3) is 0 Å². The molecule has 18 heavy (non-hydrogen) atoms. The first-order valence-corrected chi connectivity index (χ1v) is 8.06. The number of likely N-dealkylation sites (N-methyl/N-ethyl adjacent to an activating group) is 1. The van der Waals surface area contributed by atoms with E-state index in [0.717, 1.165) is 18.1 Å². The molecule has 1 fully saturated rings. The molecular formula is C14H27NO2S. The van der Waals surface area contributed by atoms with Gasteiger partial charge in [-0.2, -0.15) is 11.8 Å². The average molecular weight is 273 g/mol. The van der Waals surface area contributed by atoms with Gasteiger partial charge in [0.2, 0.25) is 0 Å². The summed E-state index contributed by atoms with van der Waals surface area (Å²) in [5, 5.41) is 3.98. The number of thioether (sulfide) groups is 1. The maximum atomic E-state index is 11.6. The summed E-state index contributed by atoms with van der Waals surface area (Å²) >= 11 is 2.12. The van der Waals surface area contributed by atoms with Gasteiger partial charge in [-0.05, 0) is 45.4 Å². The molecule has 1 rings (SSSR count). The van der Waals surface area contributed by atoms with Gasteiger partial charge in [-0.3, -0.25) is 4.79 Å². The highest BCUT2D eigenvalue weighted by Gasteiger charge is 2.31. The van der Waals surface area contributed by atoms with Crippen molar-refractivity contribution in [3.63, 3.8) is 0 Å². The molecule has 1 saturated carbocycles. The van der Waals surface area contributed by atoms with Crippen molar-refractivity contribution >= 4 is 17.7 Å². The minimum atomic E-state index is -0.521. The van der Waals surface area contributed by atoms with Gasteiger partial charge in [0.05, 0.1) is 7.11 Å². The Bertz CT molecular complexity index is 254. The molecule has 1 N–H and O–H groups in total. The predicted octanol–water partition coefficient (Wildman–Crippen LogP) is 2.98. The lowest BCUT2D eigenvalue weighted by Gasteiger charge is -2.26. The maximum absolute atomic E-state index is 11.6. The van der Waals surface area contributed by atoms with Crippen molar-refractivity contribution in [3.05, 3.63) is 0 Å². The largest absolute Gasteiger partial charge is 0.468 e. The lowest BCUT2D eigenvalue weighted by molar-refractivity contribution is -0.148. The minimum Gasteiger partial charge on any atom is -0.468 e. The highest BCUT2D eigenvalue weighted by atomic mass is 32.2. The number of nitrogens with one attached hydrogen (secondary N) is 1. The van der Waals surface area contributed by atoms with Crippen molar-refractivity contribution in [2.45, 2.75) is 62.7 Å². The van der Waals surface area contributed by atoms with Gasteiger partial charge in [0, 0.05) is 5.25 Å². The number of rotatable bonds is 8. The normalized spacial score (nSPS) is 19.7. The fraction of sp³-hybridized carbons (Fsp3) is 0.929. The maximum Gasteiger partial charge on any atom is 0.325 e. The molecule has 1 unspecified atom stereocenters. The van der Waals surface area contributed by atoms with E-state index in [0.29, 0.717) is 0 Å². The van der Waals surface area contributed by atoms with Crippen LogP contribution in [0.1, 0.15) is 51.9 Å². The molecule has 1 aliphatic carbocycles. The summed E-state index contributed by atoms with van der Waals surface area (Å²) in [6, 6.07) is 0. The Morgan fingerprint density at radius 2 is 2.06 bits per heavy atom. The van der Waals surface area contributed by atoms with Crippen molar-refractivity contribution in [1.82, 2.24) is 5.32 Å². The standard InChI is InChI=1S/C14H27NO2S/c1-14(15-2,13(16)17-3)10-6-7-11-18-12-8-4-5-9-12/h12,15H,4-11H2,1-3H3. The fourth-order valence-corrected chi connectivity index (χ4v) is 3.81. The molecule has 0 aromatic rings. The van der Waals surface area contributed by atoms with Crippen LogP contribution >= 0.6 is 11.8 Å². The number of ether oxygens (including phenoxy) is 1. The summed E-state index contributed by atoms with van der Waals surface area (Å²) in [5.41, 5.74) is -0.521. The van der Waals surface area contributed by atoms with Gasteiger partial charge in [-0.15, -0.1) is 0 Å². The third-order valence-corrected chi connectivity index (χ3v) is 5.38. The second-order valence-electron chi connectivity index (χ2n) is 5.31. The number of carbonyl (C=O) groups excluding carboxylic acids is 1. The summed E-state index contributed by atoms with van der Waals surface area (Å²) in [6.45, 7) is 1.92. The van der Waals surface area contributed by atoms with Crippen LogP contribution in [0.4, 0.5) is 0 Å². The van der Waals surface area contributed by atoms with Crippen LogP contribution in [-0.2, 0) is 9.53 Å². The van der Waals surface area contributed by atoms with Gasteiger partial charge in [0.15, 0.2) is 0 Å². The van der Waals surface area contributed by atoms with E-state index in [1.54, 1.807) is 0 Å². The van der Waals surface area contributed by atoms with Crippen LogP contribution in [0, 0.1) is 0 Å². The van der Waals surface area contributed by atoms with Gasteiger partial charge < -0.3 is 10.1 Å². The van der Waals surface area contributed by atoms with Crippen LogP contribution in [0.5, 0.6) is 0 Å². The van der Waals surface area contributed by atoms with E-state index in [2.05, 4.69) is 17.1 Å².